The molecular weight excluding hydrogens is 416 g/mol. The predicted octanol–water partition coefficient (Wildman–Crippen LogP) is 2.71. The highest BCUT2D eigenvalue weighted by molar-refractivity contribution is 6.27. The summed E-state index contributed by atoms with van der Waals surface area (Å²) in [7, 11) is 5.02. The zero-order valence-electron chi connectivity index (χ0n) is 19.3. The van der Waals surface area contributed by atoms with E-state index in [0.29, 0.717) is 11.5 Å². The number of carbonyl (C=O) groups is 2. The number of carboxylic acid groups (broad SMARTS) is 2. The van der Waals surface area contributed by atoms with Gasteiger partial charge in [-0.25, -0.2) is 9.59 Å². The molecule has 1 aromatic carbocycles. The average Bonchev–Trinajstić information content (AvgIpc) is 3.09. The van der Waals surface area contributed by atoms with Crippen LogP contribution in [0, 0.1) is 0 Å². The third-order valence-corrected chi connectivity index (χ3v) is 6.11. The minimum Gasteiger partial charge on any atom is -0.493 e. The van der Waals surface area contributed by atoms with Gasteiger partial charge >= 0.3 is 11.9 Å². The molecule has 0 radical (unpaired) electrons. The predicted molar refractivity (Wildman–Crippen MR) is 120 cm³/mol. The summed E-state index contributed by atoms with van der Waals surface area (Å²) in [6, 6.07) is 4.88. The summed E-state index contributed by atoms with van der Waals surface area (Å²) in [6.07, 6.45) is 8.46. The minimum absolute atomic E-state index is 0.685. The summed E-state index contributed by atoms with van der Waals surface area (Å²) in [6.45, 7) is 5.49. The minimum atomic E-state index is -1.82. The second kappa shape index (κ2) is 13.1. The molecule has 2 fully saturated rings. The number of rotatable bonds is 6. The van der Waals surface area contributed by atoms with E-state index in [1.807, 2.05) is 6.07 Å². The molecule has 32 heavy (non-hydrogen) atoms. The molecule has 1 aliphatic heterocycles. The number of hydrogen-bond acceptors (Lipinski definition) is 7. The van der Waals surface area contributed by atoms with Crippen LogP contribution >= 0.6 is 0 Å². The van der Waals surface area contributed by atoms with E-state index < -0.39 is 11.9 Å². The van der Waals surface area contributed by atoms with E-state index in [2.05, 4.69) is 15.9 Å². The maximum absolute atomic E-state index is 9.10. The van der Waals surface area contributed by atoms with E-state index in [4.69, 9.17) is 34.0 Å². The molecule has 0 amide bonds. The Morgan fingerprint density at radius 3 is 1.88 bits per heavy atom. The molecule has 0 aromatic heterocycles. The third kappa shape index (κ3) is 7.27. The lowest BCUT2D eigenvalue weighted by Gasteiger charge is -2.39. The van der Waals surface area contributed by atoms with Crippen molar-refractivity contribution < 1.29 is 34.0 Å². The maximum Gasteiger partial charge on any atom is 0.414 e. The molecule has 2 N–H and O–H groups in total. The Hall–Kier alpha value is -2.52. The smallest absolute Gasteiger partial charge is 0.414 e. The van der Waals surface area contributed by atoms with Crippen LogP contribution in [0.5, 0.6) is 17.2 Å². The summed E-state index contributed by atoms with van der Waals surface area (Å²) in [5.74, 6) is -1.46. The van der Waals surface area contributed by atoms with E-state index in [9.17, 15) is 0 Å². The maximum atomic E-state index is 9.10. The lowest BCUT2D eigenvalue weighted by atomic mass is 10.1. The monoisotopic (exact) mass is 452 g/mol. The number of methoxy groups -OCH3 is 3. The molecule has 0 atom stereocenters. The van der Waals surface area contributed by atoms with Gasteiger partial charge in [-0.05, 0) is 18.9 Å². The Morgan fingerprint density at radius 1 is 0.844 bits per heavy atom. The van der Waals surface area contributed by atoms with Crippen LogP contribution in [0.2, 0.25) is 0 Å². The van der Waals surface area contributed by atoms with Gasteiger partial charge in [0.25, 0.3) is 0 Å². The normalized spacial score (nSPS) is 18.1. The largest absolute Gasteiger partial charge is 0.493 e. The average molecular weight is 453 g/mol. The highest BCUT2D eigenvalue weighted by Gasteiger charge is 2.25. The molecule has 0 unspecified atom stereocenters. The van der Waals surface area contributed by atoms with Gasteiger partial charge in [0.15, 0.2) is 11.5 Å². The Kier molecular flexibility index (Phi) is 10.6. The van der Waals surface area contributed by atoms with Gasteiger partial charge in [0.1, 0.15) is 0 Å². The first-order chi connectivity index (χ1) is 15.4. The van der Waals surface area contributed by atoms with Crippen LogP contribution < -0.4 is 14.2 Å². The molecule has 1 heterocycles. The number of aliphatic carboxylic acids is 2. The molecule has 9 nitrogen and oxygen atoms in total. The van der Waals surface area contributed by atoms with Crippen molar-refractivity contribution >= 4 is 11.9 Å². The van der Waals surface area contributed by atoms with E-state index in [1.54, 1.807) is 21.3 Å². The van der Waals surface area contributed by atoms with Crippen molar-refractivity contribution in [3.05, 3.63) is 17.7 Å². The quantitative estimate of drug-likeness (QED) is 0.497. The Balaban J connectivity index is 0.000000534. The Morgan fingerprint density at radius 2 is 1.41 bits per heavy atom. The highest BCUT2D eigenvalue weighted by atomic mass is 16.5. The lowest BCUT2D eigenvalue weighted by Crippen LogP contribution is -2.49. The summed E-state index contributed by atoms with van der Waals surface area (Å²) >= 11 is 0. The van der Waals surface area contributed by atoms with E-state index in [-0.39, 0.29) is 0 Å². The third-order valence-electron chi connectivity index (χ3n) is 6.11. The highest BCUT2D eigenvalue weighted by Crippen LogP contribution is 2.40. The number of hydrogen-bond donors (Lipinski definition) is 2. The first-order valence-corrected chi connectivity index (χ1v) is 11.1. The van der Waals surface area contributed by atoms with Crippen LogP contribution in [0.3, 0.4) is 0 Å². The topological polar surface area (TPSA) is 109 Å². The van der Waals surface area contributed by atoms with Crippen molar-refractivity contribution in [2.24, 2.45) is 0 Å². The van der Waals surface area contributed by atoms with E-state index in [0.717, 1.165) is 37.0 Å². The number of ether oxygens (including phenoxy) is 3. The van der Waals surface area contributed by atoms with Crippen molar-refractivity contribution in [2.75, 3.05) is 47.5 Å². The number of benzene rings is 1. The van der Waals surface area contributed by atoms with Gasteiger partial charge in [-0.1, -0.05) is 31.7 Å². The molecule has 1 aliphatic carbocycles. The van der Waals surface area contributed by atoms with Gasteiger partial charge in [0, 0.05) is 44.3 Å². The van der Waals surface area contributed by atoms with Gasteiger partial charge < -0.3 is 24.4 Å². The van der Waals surface area contributed by atoms with Crippen LogP contribution in [-0.4, -0.2) is 85.5 Å². The molecule has 3 rings (SSSR count). The molecular formula is C23H36N2O7. The number of carboxylic acids is 2. The SMILES string of the molecule is COc1ccc(CN2CCN(C3CCCCCC3)CC2)c(OC)c1OC.O=C(O)C(=O)O. The van der Waals surface area contributed by atoms with Crippen molar-refractivity contribution in [2.45, 2.75) is 51.1 Å². The summed E-state index contributed by atoms with van der Waals surface area (Å²) in [5.41, 5.74) is 1.16. The Bertz CT molecular complexity index is 728. The van der Waals surface area contributed by atoms with Gasteiger partial charge in [0.05, 0.1) is 21.3 Å². The van der Waals surface area contributed by atoms with Crippen molar-refractivity contribution in [1.29, 1.82) is 0 Å². The number of nitrogens with zero attached hydrogens (tertiary/aromatic N) is 2. The first-order valence-electron chi connectivity index (χ1n) is 11.1. The first kappa shape index (κ1) is 25.7. The van der Waals surface area contributed by atoms with Crippen molar-refractivity contribution in [1.82, 2.24) is 9.80 Å². The summed E-state index contributed by atoms with van der Waals surface area (Å²) in [4.78, 5) is 23.5. The van der Waals surface area contributed by atoms with Crippen molar-refractivity contribution in [3.63, 3.8) is 0 Å². The van der Waals surface area contributed by atoms with Crippen LogP contribution in [0.4, 0.5) is 0 Å². The van der Waals surface area contributed by atoms with Crippen molar-refractivity contribution in [3.8, 4) is 17.2 Å². The molecule has 1 saturated carbocycles. The molecule has 0 bridgehead atoms. The number of piperazine rings is 1. The second-order valence-electron chi connectivity index (χ2n) is 8.06. The van der Waals surface area contributed by atoms with Gasteiger partial charge in [-0.3, -0.25) is 9.80 Å². The fourth-order valence-corrected chi connectivity index (χ4v) is 4.44. The standard InChI is InChI=1S/C21H34N2O3.C2H2O4/c1-24-19-11-10-17(20(25-2)21(19)26-3)16-22-12-14-23(15-13-22)18-8-6-4-5-7-9-18;3-1(4)2(5)6/h10-11,18H,4-9,12-16H2,1-3H3;(H,3,4)(H,5,6). The molecule has 180 valence electrons. The van der Waals surface area contributed by atoms with E-state index in [1.165, 1.54) is 51.6 Å². The zero-order chi connectivity index (χ0) is 23.5. The van der Waals surface area contributed by atoms with Gasteiger partial charge in [-0.15, -0.1) is 0 Å². The molecule has 9 heteroatoms. The van der Waals surface area contributed by atoms with Crippen LogP contribution in [0.25, 0.3) is 0 Å². The molecule has 1 aromatic rings. The summed E-state index contributed by atoms with van der Waals surface area (Å²) in [5, 5.41) is 14.8. The van der Waals surface area contributed by atoms with Gasteiger partial charge in [0.2, 0.25) is 5.75 Å². The molecule has 2 aliphatic rings. The van der Waals surface area contributed by atoms with E-state index >= 15 is 0 Å². The van der Waals surface area contributed by atoms with Crippen LogP contribution in [0.15, 0.2) is 12.1 Å². The zero-order valence-corrected chi connectivity index (χ0v) is 19.3. The molecule has 0 spiro atoms. The van der Waals surface area contributed by atoms with Crippen LogP contribution in [0.1, 0.15) is 44.1 Å². The lowest BCUT2D eigenvalue weighted by molar-refractivity contribution is -0.159. The van der Waals surface area contributed by atoms with Gasteiger partial charge in [-0.2, -0.15) is 0 Å². The fourth-order valence-electron chi connectivity index (χ4n) is 4.44. The summed E-state index contributed by atoms with van der Waals surface area (Å²) < 4.78 is 16.5. The van der Waals surface area contributed by atoms with Crippen LogP contribution in [-0.2, 0) is 16.1 Å². The fraction of sp³-hybridized carbons (Fsp3) is 0.652. The second-order valence-corrected chi connectivity index (χ2v) is 8.06. The molecule has 1 saturated heterocycles. The Labute approximate surface area is 189 Å².